The first kappa shape index (κ1) is 21.7. The van der Waals surface area contributed by atoms with Crippen LogP contribution in [0.5, 0.6) is 0 Å². The third kappa shape index (κ3) is 6.08. The molecule has 1 aromatic rings. The van der Waals surface area contributed by atoms with Gasteiger partial charge in [0.2, 0.25) is 0 Å². The van der Waals surface area contributed by atoms with E-state index < -0.39 is 0 Å². The minimum absolute atomic E-state index is 0.158. The molecule has 130 valence electrons. The van der Waals surface area contributed by atoms with Crippen LogP contribution in [-0.4, -0.2) is 15.3 Å². The Morgan fingerprint density at radius 1 is 1.29 bits per heavy atom. The molecule has 1 N–H and O–H groups in total. The first-order chi connectivity index (χ1) is 11.6. The van der Waals surface area contributed by atoms with E-state index in [9.17, 15) is 4.79 Å². The summed E-state index contributed by atoms with van der Waals surface area (Å²) in [6, 6.07) is 0. The molecule has 0 bridgehead atoms. The maximum Gasteiger partial charge on any atom is 0.262 e. The largest absolute Gasteiger partial charge is 0.332 e. The third-order valence-corrected chi connectivity index (χ3v) is 3.22. The summed E-state index contributed by atoms with van der Waals surface area (Å²) in [6.45, 7) is 13.6. The van der Waals surface area contributed by atoms with Gasteiger partial charge in [0.15, 0.2) is 4.77 Å². The number of hydrogen-bond donors (Lipinski definition) is 1. The van der Waals surface area contributed by atoms with Gasteiger partial charge in [-0.05, 0) is 45.1 Å². The van der Waals surface area contributed by atoms with Gasteiger partial charge in [0.25, 0.3) is 5.56 Å². The van der Waals surface area contributed by atoms with Crippen molar-refractivity contribution < 1.29 is 0 Å². The molecular formula is C19H27N3OS. The lowest BCUT2D eigenvalue weighted by molar-refractivity contribution is 0.746. The standard InChI is InChI=1S/C17H21N3OS.C2H6/c1-5-9-13(18-11-7-3)12-20-16(21)14(10-6-2)15(8-4)19-17(20)22;1-2/h5-11H,2,12H2,1,3-4H3,(H,19,22);1-2H3/b9-5-,11-7-,14-10+,15-8+,18-13+;. The molecule has 1 aromatic heterocycles. The van der Waals surface area contributed by atoms with Crippen molar-refractivity contribution in [2.45, 2.75) is 41.2 Å². The van der Waals surface area contributed by atoms with Crippen LogP contribution in [0, 0.1) is 4.77 Å². The van der Waals surface area contributed by atoms with Gasteiger partial charge in [-0.25, -0.2) is 0 Å². The second-order valence-corrected chi connectivity index (χ2v) is 4.83. The molecule has 0 spiro atoms. The minimum Gasteiger partial charge on any atom is -0.332 e. The molecule has 0 atom stereocenters. The van der Waals surface area contributed by atoms with Gasteiger partial charge < -0.3 is 4.98 Å². The fourth-order valence-corrected chi connectivity index (χ4v) is 2.17. The van der Waals surface area contributed by atoms with Gasteiger partial charge in [-0.2, -0.15) is 0 Å². The lowest BCUT2D eigenvalue weighted by Crippen LogP contribution is -2.47. The van der Waals surface area contributed by atoms with Crippen LogP contribution in [0.4, 0.5) is 0 Å². The van der Waals surface area contributed by atoms with Crippen LogP contribution in [0.1, 0.15) is 34.6 Å². The molecule has 0 aromatic carbocycles. The quantitative estimate of drug-likeness (QED) is 0.658. The maximum absolute atomic E-state index is 12.7. The van der Waals surface area contributed by atoms with Gasteiger partial charge in [-0.3, -0.25) is 14.4 Å². The molecule has 0 saturated heterocycles. The van der Waals surface area contributed by atoms with Crippen LogP contribution < -0.4 is 16.1 Å². The zero-order valence-electron chi connectivity index (χ0n) is 15.2. The van der Waals surface area contributed by atoms with Gasteiger partial charge in [0.1, 0.15) is 0 Å². The fourth-order valence-electron chi connectivity index (χ4n) is 1.91. The Bertz CT molecular complexity index is 852. The van der Waals surface area contributed by atoms with Gasteiger partial charge in [-0.1, -0.05) is 44.7 Å². The van der Waals surface area contributed by atoms with E-state index >= 15 is 0 Å². The number of allylic oxidation sites excluding steroid dienone is 4. The molecule has 24 heavy (non-hydrogen) atoms. The number of rotatable bonds is 5. The Morgan fingerprint density at radius 2 is 1.96 bits per heavy atom. The Hall–Kier alpha value is -2.27. The molecule has 0 saturated carbocycles. The molecule has 0 aliphatic rings. The van der Waals surface area contributed by atoms with Gasteiger partial charge in [-0.15, -0.1) is 0 Å². The van der Waals surface area contributed by atoms with Crippen molar-refractivity contribution in [1.82, 2.24) is 9.55 Å². The Kier molecular flexibility index (Phi) is 11.0. The van der Waals surface area contributed by atoms with E-state index in [2.05, 4.69) is 16.6 Å². The van der Waals surface area contributed by atoms with Crippen LogP contribution in [0.15, 0.2) is 46.9 Å². The number of aromatic nitrogens is 2. The molecule has 0 unspecified atom stereocenters. The number of nitrogens with zero attached hydrogens (tertiary/aromatic N) is 2. The second kappa shape index (κ2) is 12.2. The zero-order chi connectivity index (χ0) is 18.5. The van der Waals surface area contributed by atoms with Crippen LogP contribution in [0.3, 0.4) is 0 Å². The summed E-state index contributed by atoms with van der Waals surface area (Å²) < 4.78 is 1.87. The summed E-state index contributed by atoms with van der Waals surface area (Å²) in [5, 5.41) is 1.24. The molecule has 0 amide bonds. The number of aromatic amines is 1. The summed E-state index contributed by atoms with van der Waals surface area (Å²) in [5.41, 5.74) is 0.592. The highest BCUT2D eigenvalue weighted by Crippen LogP contribution is 1.91. The molecule has 5 heteroatoms. The van der Waals surface area contributed by atoms with Crippen LogP contribution >= 0.6 is 12.2 Å². The summed E-state index contributed by atoms with van der Waals surface area (Å²) >= 11 is 5.30. The molecule has 1 rings (SSSR count). The lowest BCUT2D eigenvalue weighted by atomic mass is 10.3. The smallest absolute Gasteiger partial charge is 0.262 e. The van der Waals surface area contributed by atoms with Crippen molar-refractivity contribution in [2.24, 2.45) is 4.99 Å². The summed E-state index contributed by atoms with van der Waals surface area (Å²) in [4.78, 5) is 20.0. The van der Waals surface area contributed by atoms with E-state index in [1.807, 2.05) is 58.9 Å². The molecule has 0 fully saturated rings. The Labute approximate surface area is 149 Å². The predicted octanol–water partition coefficient (Wildman–Crippen LogP) is 3.25. The number of hydrogen-bond acceptors (Lipinski definition) is 3. The number of H-pyrrole nitrogens is 1. The molecule has 0 aliphatic heterocycles. The molecule has 4 nitrogen and oxygen atoms in total. The van der Waals surface area contributed by atoms with Crippen LogP contribution in [-0.2, 0) is 6.54 Å². The highest BCUT2D eigenvalue weighted by molar-refractivity contribution is 7.71. The fraction of sp³-hybridized carbons (Fsp3) is 0.316. The predicted molar refractivity (Wildman–Crippen MR) is 108 cm³/mol. The van der Waals surface area contributed by atoms with Gasteiger partial charge >= 0.3 is 0 Å². The second-order valence-electron chi connectivity index (χ2n) is 4.44. The van der Waals surface area contributed by atoms with E-state index in [0.29, 0.717) is 21.9 Å². The highest BCUT2D eigenvalue weighted by atomic mass is 32.1. The van der Waals surface area contributed by atoms with Crippen molar-refractivity contribution in [2.75, 3.05) is 0 Å². The molecule has 0 radical (unpaired) electrons. The van der Waals surface area contributed by atoms with Crippen LogP contribution in [0.2, 0.25) is 0 Å². The van der Waals surface area contributed by atoms with Crippen molar-refractivity contribution >= 4 is 30.1 Å². The third-order valence-electron chi connectivity index (χ3n) is 2.89. The first-order valence-corrected chi connectivity index (χ1v) is 8.42. The average Bonchev–Trinajstić information content (AvgIpc) is 2.60. The molecule has 1 heterocycles. The van der Waals surface area contributed by atoms with E-state index in [4.69, 9.17) is 12.2 Å². The molecule has 0 aliphatic carbocycles. The van der Waals surface area contributed by atoms with E-state index in [1.165, 1.54) is 4.57 Å². The topological polar surface area (TPSA) is 50.1 Å². The first-order valence-electron chi connectivity index (χ1n) is 8.01. The van der Waals surface area contributed by atoms with Crippen LogP contribution in [0.25, 0.3) is 12.2 Å². The summed E-state index contributed by atoms with van der Waals surface area (Å²) in [7, 11) is 0. The summed E-state index contributed by atoms with van der Waals surface area (Å²) in [6.07, 6.45) is 12.3. The number of nitrogens with one attached hydrogen (secondary N) is 1. The van der Waals surface area contributed by atoms with E-state index in [0.717, 1.165) is 5.71 Å². The zero-order valence-corrected chi connectivity index (χ0v) is 16.0. The normalized spacial score (nSPS) is 13.5. The van der Waals surface area contributed by atoms with Crippen molar-refractivity contribution in [1.29, 1.82) is 0 Å². The average molecular weight is 346 g/mol. The van der Waals surface area contributed by atoms with Crippen molar-refractivity contribution in [3.05, 3.63) is 62.8 Å². The van der Waals surface area contributed by atoms with Crippen molar-refractivity contribution in [3.63, 3.8) is 0 Å². The van der Waals surface area contributed by atoms with Gasteiger partial charge in [0, 0.05) is 11.5 Å². The SMILES string of the molecule is C=C/C=c1/c(=O)n(CC(/C=C\C)=N/C=C\C)c(=S)[nH]/c1=C/C.CC. The molecular weight excluding hydrogens is 318 g/mol. The Balaban J connectivity index is 0.00000254. The lowest BCUT2D eigenvalue weighted by Gasteiger charge is -2.06. The highest BCUT2D eigenvalue weighted by Gasteiger charge is 2.04. The number of aliphatic imine (C=N–C) groups is 1. The summed E-state index contributed by atoms with van der Waals surface area (Å²) in [5.74, 6) is 0. The van der Waals surface area contributed by atoms with Crippen molar-refractivity contribution in [3.8, 4) is 0 Å². The Morgan fingerprint density at radius 3 is 2.46 bits per heavy atom. The van der Waals surface area contributed by atoms with E-state index in [-0.39, 0.29) is 5.56 Å². The minimum atomic E-state index is -0.158. The van der Waals surface area contributed by atoms with Gasteiger partial charge in [0.05, 0.1) is 17.5 Å². The van der Waals surface area contributed by atoms with E-state index in [1.54, 1.807) is 18.4 Å². The maximum atomic E-state index is 12.7. The monoisotopic (exact) mass is 345 g/mol.